The Balaban J connectivity index is 1.85. The van der Waals surface area contributed by atoms with Gasteiger partial charge in [-0.1, -0.05) is 0 Å². The molecule has 0 aromatic rings. The Bertz CT molecular complexity index is 400. The number of carbonyl (C=O) groups excluding carboxylic acids is 1. The predicted octanol–water partition coefficient (Wildman–Crippen LogP) is 1.38. The van der Waals surface area contributed by atoms with E-state index in [1.165, 1.54) is 0 Å². The van der Waals surface area contributed by atoms with Gasteiger partial charge in [0.15, 0.2) is 0 Å². The molecule has 0 unspecified atom stereocenters. The van der Waals surface area contributed by atoms with Gasteiger partial charge in [0.05, 0.1) is 6.10 Å². The maximum atomic E-state index is 12.3. The Morgan fingerprint density at radius 3 is 2.35 bits per heavy atom. The molecule has 2 heterocycles. The number of nitrogens with zero attached hydrogens (tertiary/aromatic N) is 3. The third kappa shape index (κ3) is 5.06. The minimum Gasteiger partial charge on any atom is -0.444 e. The summed E-state index contributed by atoms with van der Waals surface area (Å²) in [5.41, 5.74) is -0.443. The lowest BCUT2D eigenvalue weighted by Crippen LogP contribution is -2.54. The summed E-state index contributed by atoms with van der Waals surface area (Å²) in [6.45, 7) is 15.2. The lowest BCUT2D eigenvalue weighted by Gasteiger charge is -2.40. The smallest absolute Gasteiger partial charge is 0.410 e. The standard InChI is InChI=1S/C17H33N3O3/c1-13(21)12-18-8-10-19(11-9-18)15-6-7-20(14(15)2)16(22)23-17(3,4)5/h13-15,21H,6-12H2,1-5H3/t13-,14+,15+/m1/s1. The third-order valence-corrected chi connectivity index (χ3v) is 4.74. The van der Waals surface area contributed by atoms with Gasteiger partial charge in [-0.05, 0) is 41.0 Å². The summed E-state index contributed by atoms with van der Waals surface area (Å²) >= 11 is 0. The highest BCUT2D eigenvalue weighted by Crippen LogP contribution is 2.25. The lowest BCUT2D eigenvalue weighted by molar-refractivity contribution is 0.0163. The van der Waals surface area contributed by atoms with Crippen LogP contribution in [0, 0.1) is 0 Å². The monoisotopic (exact) mass is 327 g/mol. The average molecular weight is 327 g/mol. The van der Waals surface area contributed by atoms with Crippen LogP contribution in [0.2, 0.25) is 0 Å². The van der Waals surface area contributed by atoms with Crippen LogP contribution in [0.1, 0.15) is 41.0 Å². The van der Waals surface area contributed by atoms with E-state index in [4.69, 9.17) is 4.74 Å². The molecule has 2 aliphatic heterocycles. The number of likely N-dealkylation sites (tertiary alicyclic amines) is 1. The lowest BCUT2D eigenvalue weighted by atomic mass is 10.1. The minimum absolute atomic E-state index is 0.188. The molecule has 1 amide bonds. The van der Waals surface area contributed by atoms with Crippen molar-refractivity contribution in [2.45, 2.75) is 64.8 Å². The van der Waals surface area contributed by atoms with Crippen LogP contribution in [-0.2, 0) is 4.74 Å². The first-order valence-electron chi connectivity index (χ1n) is 8.81. The molecule has 134 valence electrons. The molecule has 0 aromatic carbocycles. The van der Waals surface area contributed by atoms with E-state index >= 15 is 0 Å². The van der Waals surface area contributed by atoms with Crippen molar-refractivity contribution in [3.63, 3.8) is 0 Å². The average Bonchev–Trinajstić information content (AvgIpc) is 2.79. The molecule has 0 saturated carbocycles. The summed E-state index contributed by atoms with van der Waals surface area (Å²) in [5.74, 6) is 0. The zero-order valence-corrected chi connectivity index (χ0v) is 15.3. The first-order chi connectivity index (χ1) is 10.7. The quantitative estimate of drug-likeness (QED) is 0.849. The van der Waals surface area contributed by atoms with Crippen LogP contribution in [0.4, 0.5) is 4.79 Å². The molecule has 1 N–H and O–H groups in total. The summed E-state index contributed by atoms with van der Waals surface area (Å²) in [6.07, 6.45) is 0.548. The van der Waals surface area contributed by atoms with E-state index in [0.29, 0.717) is 6.04 Å². The number of piperazine rings is 1. The van der Waals surface area contributed by atoms with Gasteiger partial charge in [0.25, 0.3) is 0 Å². The van der Waals surface area contributed by atoms with Crippen LogP contribution < -0.4 is 0 Å². The van der Waals surface area contributed by atoms with Crippen molar-refractivity contribution >= 4 is 6.09 Å². The van der Waals surface area contributed by atoms with E-state index in [9.17, 15) is 9.90 Å². The Labute approximate surface area is 140 Å². The van der Waals surface area contributed by atoms with E-state index < -0.39 is 5.60 Å². The van der Waals surface area contributed by atoms with Crippen LogP contribution in [0.3, 0.4) is 0 Å². The summed E-state index contributed by atoms with van der Waals surface area (Å²) in [7, 11) is 0. The second-order valence-electron chi connectivity index (χ2n) is 7.96. The van der Waals surface area contributed by atoms with Crippen LogP contribution in [0.5, 0.6) is 0 Å². The second kappa shape index (κ2) is 7.36. The Hall–Kier alpha value is -0.850. The summed E-state index contributed by atoms with van der Waals surface area (Å²) in [6, 6.07) is 0.601. The van der Waals surface area contributed by atoms with Crippen molar-refractivity contribution in [1.82, 2.24) is 14.7 Å². The van der Waals surface area contributed by atoms with Crippen LogP contribution in [-0.4, -0.2) is 89.0 Å². The molecule has 0 bridgehead atoms. The maximum absolute atomic E-state index is 12.3. The Morgan fingerprint density at radius 2 is 1.83 bits per heavy atom. The van der Waals surface area contributed by atoms with Crippen LogP contribution in [0.25, 0.3) is 0 Å². The Morgan fingerprint density at radius 1 is 1.22 bits per heavy atom. The fourth-order valence-corrected chi connectivity index (χ4v) is 3.64. The molecular formula is C17H33N3O3. The molecule has 2 saturated heterocycles. The van der Waals surface area contributed by atoms with Gasteiger partial charge in [-0.15, -0.1) is 0 Å². The zero-order valence-electron chi connectivity index (χ0n) is 15.3. The molecule has 6 heteroatoms. The summed E-state index contributed by atoms with van der Waals surface area (Å²) in [5, 5.41) is 9.50. The molecule has 3 atom stereocenters. The molecule has 0 aliphatic carbocycles. The van der Waals surface area contributed by atoms with E-state index in [1.807, 2.05) is 32.6 Å². The number of hydrogen-bond donors (Lipinski definition) is 1. The molecule has 0 radical (unpaired) electrons. The number of hydrogen-bond acceptors (Lipinski definition) is 5. The van der Waals surface area contributed by atoms with E-state index in [1.54, 1.807) is 0 Å². The largest absolute Gasteiger partial charge is 0.444 e. The number of aliphatic hydroxyl groups excluding tert-OH is 1. The van der Waals surface area contributed by atoms with Gasteiger partial charge in [0.1, 0.15) is 5.60 Å². The number of ether oxygens (including phenoxy) is 1. The highest BCUT2D eigenvalue weighted by atomic mass is 16.6. The van der Waals surface area contributed by atoms with E-state index in [0.717, 1.165) is 45.7 Å². The first kappa shape index (κ1) is 18.5. The fraction of sp³-hybridized carbons (Fsp3) is 0.941. The molecular weight excluding hydrogens is 294 g/mol. The van der Waals surface area contributed by atoms with Crippen LogP contribution in [0.15, 0.2) is 0 Å². The van der Waals surface area contributed by atoms with Crippen molar-refractivity contribution in [2.24, 2.45) is 0 Å². The van der Waals surface area contributed by atoms with Crippen molar-refractivity contribution in [1.29, 1.82) is 0 Å². The van der Waals surface area contributed by atoms with Gasteiger partial charge in [0.2, 0.25) is 0 Å². The molecule has 2 rings (SSSR count). The predicted molar refractivity (Wildman–Crippen MR) is 90.5 cm³/mol. The van der Waals surface area contributed by atoms with E-state index in [2.05, 4.69) is 16.7 Å². The van der Waals surface area contributed by atoms with Gasteiger partial charge in [0, 0.05) is 51.4 Å². The molecule has 0 spiro atoms. The molecule has 23 heavy (non-hydrogen) atoms. The van der Waals surface area contributed by atoms with Crippen LogP contribution >= 0.6 is 0 Å². The number of rotatable bonds is 3. The molecule has 0 aromatic heterocycles. The highest BCUT2D eigenvalue weighted by Gasteiger charge is 2.39. The van der Waals surface area contributed by atoms with Crippen molar-refractivity contribution in [3.05, 3.63) is 0 Å². The van der Waals surface area contributed by atoms with Crippen molar-refractivity contribution in [3.8, 4) is 0 Å². The van der Waals surface area contributed by atoms with E-state index in [-0.39, 0.29) is 18.2 Å². The molecule has 2 aliphatic rings. The zero-order chi connectivity index (χ0) is 17.2. The van der Waals surface area contributed by atoms with Gasteiger partial charge in [-0.25, -0.2) is 4.79 Å². The third-order valence-electron chi connectivity index (χ3n) is 4.74. The summed E-state index contributed by atoms with van der Waals surface area (Å²) in [4.78, 5) is 19.0. The van der Waals surface area contributed by atoms with Gasteiger partial charge in [-0.3, -0.25) is 9.80 Å². The van der Waals surface area contributed by atoms with Crippen molar-refractivity contribution in [2.75, 3.05) is 39.3 Å². The fourth-order valence-electron chi connectivity index (χ4n) is 3.64. The summed E-state index contributed by atoms with van der Waals surface area (Å²) < 4.78 is 5.52. The number of β-amino-alcohol motifs (C(OH)–C–C–N with tert-alkyl or cyclic N) is 1. The number of carbonyl (C=O) groups is 1. The molecule has 6 nitrogen and oxygen atoms in total. The van der Waals surface area contributed by atoms with Gasteiger partial charge < -0.3 is 14.7 Å². The van der Waals surface area contributed by atoms with Gasteiger partial charge in [-0.2, -0.15) is 0 Å². The normalized spacial score (nSPS) is 28.9. The first-order valence-corrected chi connectivity index (χ1v) is 8.81. The SMILES string of the molecule is C[C@@H](O)CN1CCN([C@H]2CCN(C(=O)OC(C)(C)C)[C@H]2C)CC1. The van der Waals surface area contributed by atoms with Gasteiger partial charge >= 0.3 is 6.09 Å². The topological polar surface area (TPSA) is 56.2 Å². The second-order valence-corrected chi connectivity index (χ2v) is 7.96. The number of aliphatic hydroxyl groups is 1. The number of amides is 1. The highest BCUT2D eigenvalue weighted by molar-refractivity contribution is 5.69. The maximum Gasteiger partial charge on any atom is 0.410 e. The molecule has 2 fully saturated rings. The van der Waals surface area contributed by atoms with Crippen molar-refractivity contribution < 1.29 is 14.6 Å². The minimum atomic E-state index is -0.443. The Kier molecular flexibility index (Phi) is 5.92.